The van der Waals surface area contributed by atoms with E-state index in [0.29, 0.717) is 5.75 Å². The first-order valence-electron chi connectivity index (χ1n) is 6.54. The molecule has 110 valence electrons. The van der Waals surface area contributed by atoms with Crippen LogP contribution in [0.4, 0.5) is 4.39 Å². The van der Waals surface area contributed by atoms with Crippen molar-refractivity contribution >= 4 is 5.91 Å². The summed E-state index contributed by atoms with van der Waals surface area (Å²) in [6.07, 6.45) is 0. The molecule has 0 saturated heterocycles. The summed E-state index contributed by atoms with van der Waals surface area (Å²) in [6.45, 7) is 0.230. The lowest BCUT2D eigenvalue weighted by atomic mass is 10.1. The number of rotatable bonds is 5. The number of hydrogen-bond acceptors (Lipinski definition) is 3. The van der Waals surface area contributed by atoms with Gasteiger partial charge in [-0.2, -0.15) is 0 Å². The van der Waals surface area contributed by atoms with Crippen LogP contribution in [0, 0.1) is 5.82 Å². The first-order valence-corrected chi connectivity index (χ1v) is 6.54. The van der Waals surface area contributed by atoms with E-state index in [1.54, 1.807) is 0 Å². The van der Waals surface area contributed by atoms with Gasteiger partial charge >= 0.3 is 0 Å². The Bertz CT molecular complexity index is 617. The minimum Gasteiger partial charge on any atom is -0.497 e. The molecular weight excluding hydrogens is 271 g/mol. The van der Waals surface area contributed by atoms with E-state index in [-0.39, 0.29) is 18.2 Å². The van der Waals surface area contributed by atoms with Gasteiger partial charge in [-0.1, -0.05) is 30.3 Å². The van der Waals surface area contributed by atoms with Gasteiger partial charge in [-0.25, -0.2) is 4.39 Å². The summed E-state index contributed by atoms with van der Waals surface area (Å²) >= 11 is 0. The maximum Gasteiger partial charge on any atom is 0.254 e. The number of methoxy groups -OCH3 is 1. The fourth-order valence-electron chi connectivity index (χ4n) is 1.92. The highest BCUT2D eigenvalue weighted by Crippen LogP contribution is 2.16. The van der Waals surface area contributed by atoms with E-state index in [0.717, 1.165) is 5.56 Å². The fourth-order valence-corrected chi connectivity index (χ4v) is 1.92. The van der Waals surface area contributed by atoms with E-state index in [9.17, 15) is 9.18 Å². The molecule has 0 saturated carbocycles. The Labute approximate surface area is 122 Å². The van der Waals surface area contributed by atoms with Crippen molar-refractivity contribution in [1.29, 1.82) is 0 Å². The summed E-state index contributed by atoms with van der Waals surface area (Å²) < 4.78 is 18.7. The Balaban J connectivity index is 1.99. The van der Waals surface area contributed by atoms with Crippen LogP contribution in [0.3, 0.4) is 0 Å². The van der Waals surface area contributed by atoms with Gasteiger partial charge in [0.2, 0.25) is 0 Å². The zero-order chi connectivity index (χ0) is 15.2. The Kier molecular flexibility index (Phi) is 4.90. The molecule has 5 heteroatoms. The zero-order valence-electron chi connectivity index (χ0n) is 11.7. The number of ether oxygens (including phenoxy) is 1. The maximum absolute atomic E-state index is 13.8. The summed E-state index contributed by atoms with van der Waals surface area (Å²) in [5.74, 6) is -0.758. The Morgan fingerprint density at radius 2 is 2.00 bits per heavy atom. The van der Waals surface area contributed by atoms with Crippen molar-refractivity contribution in [2.45, 2.75) is 6.04 Å². The summed E-state index contributed by atoms with van der Waals surface area (Å²) in [5, 5.41) is 2.63. The summed E-state index contributed by atoms with van der Waals surface area (Å²) in [5.41, 5.74) is 6.86. The molecule has 0 aliphatic carbocycles. The van der Waals surface area contributed by atoms with Crippen LogP contribution in [-0.4, -0.2) is 19.6 Å². The Morgan fingerprint density at radius 3 is 2.62 bits per heavy atom. The monoisotopic (exact) mass is 288 g/mol. The van der Waals surface area contributed by atoms with Gasteiger partial charge in [0.25, 0.3) is 5.91 Å². The predicted octanol–water partition coefficient (Wildman–Crippen LogP) is 2.26. The smallest absolute Gasteiger partial charge is 0.254 e. The van der Waals surface area contributed by atoms with Gasteiger partial charge in [-0.15, -0.1) is 0 Å². The molecule has 2 aromatic rings. The number of hydrogen-bond donors (Lipinski definition) is 2. The minimum absolute atomic E-state index is 0.0314. The molecule has 2 rings (SSSR count). The molecule has 21 heavy (non-hydrogen) atoms. The molecule has 0 heterocycles. The molecule has 1 atom stereocenters. The number of amides is 1. The van der Waals surface area contributed by atoms with Crippen molar-refractivity contribution in [2.24, 2.45) is 5.73 Å². The largest absolute Gasteiger partial charge is 0.497 e. The molecule has 4 nitrogen and oxygen atoms in total. The van der Waals surface area contributed by atoms with Crippen molar-refractivity contribution in [1.82, 2.24) is 5.32 Å². The van der Waals surface area contributed by atoms with Crippen LogP contribution >= 0.6 is 0 Å². The molecule has 1 amide bonds. The van der Waals surface area contributed by atoms with Gasteiger partial charge in [-0.05, 0) is 17.7 Å². The predicted molar refractivity (Wildman–Crippen MR) is 78.7 cm³/mol. The number of nitrogens with one attached hydrogen (secondary N) is 1. The molecule has 0 aromatic heterocycles. The highest BCUT2D eigenvalue weighted by molar-refractivity contribution is 5.94. The summed E-state index contributed by atoms with van der Waals surface area (Å²) in [4.78, 5) is 12.0. The fraction of sp³-hybridized carbons (Fsp3) is 0.188. The number of nitrogens with two attached hydrogens (primary N) is 1. The van der Waals surface area contributed by atoms with E-state index in [4.69, 9.17) is 10.5 Å². The molecule has 0 radical (unpaired) electrons. The molecule has 0 fully saturated rings. The molecular formula is C16H17FN2O2. The highest BCUT2D eigenvalue weighted by atomic mass is 19.1. The standard InChI is InChI=1S/C16H17FN2O2/c1-21-12-7-8-13(14(17)9-12)16(20)19-10-15(18)11-5-3-2-4-6-11/h2-9,15H,10,18H2,1H3,(H,19,20). The zero-order valence-corrected chi connectivity index (χ0v) is 11.7. The van der Waals surface area contributed by atoms with Crippen LogP contribution in [-0.2, 0) is 0 Å². The van der Waals surface area contributed by atoms with E-state index >= 15 is 0 Å². The third-order valence-corrected chi connectivity index (χ3v) is 3.13. The highest BCUT2D eigenvalue weighted by Gasteiger charge is 2.14. The lowest BCUT2D eigenvalue weighted by Crippen LogP contribution is -2.32. The Hall–Kier alpha value is -2.40. The lowest BCUT2D eigenvalue weighted by Gasteiger charge is -2.13. The average Bonchev–Trinajstić information content (AvgIpc) is 2.52. The molecule has 3 N–H and O–H groups in total. The van der Waals surface area contributed by atoms with Crippen molar-refractivity contribution in [3.63, 3.8) is 0 Å². The van der Waals surface area contributed by atoms with Crippen molar-refractivity contribution in [3.05, 3.63) is 65.5 Å². The van der Waals surface area contributed by atoms with Gasteiger partial charge in [0, 0.05) is 18.7 Å². The summed E-state index contributed by atoms with van der Waals surface area (Å²) in [7, 11) is 1.44. The van der Waals surface area contributed by atoms with Gasteiger partial charge in [0.1, 0.15) is 11.6 Å². The van der Waals surface area contributed by atoms with Gasteiger partial charge in [-0.3, -0.25) is 4.79 Å². The van der Waals surface area contributed by atoms with Gasteiger partial charge in [0.05, 0.1) is 12.7 Å². The topological polar surface area (TPSA) is 64.3 Å². The second-order valence-corrected chi connectivity index (χ2v) is 4.57. The number of carbonyl (C=O) groups is 1. The van der Waals surface area contributed by atoms with Gasteiger partial charge in [0.15, 0.2) is 0 Å². The van der Waals surface area contributed by atoms with Crippen LogP contribution in [0.5, 0.6) is 5.75 Å². The van der Waals surface area contributed by atoms with Crippen LogP contribution in [0.1, 0.15) is 22.0 Å². The molecule has 0 aliphatic rings. The second kappa shape index (κ2) is 6.85. The average molecular weight is 288 g/mol. The third kappa shape index (κ3) is 3.79. The number of halogens is 1. The molecule has 0 aliphatic heterocycles. The molecule has 2 aromatic carbocycles. The van der Waals surface area contributed by atoms with Crippen molar-refractivity contribution in [3.8, 4) is 5.75 Å². The molecule has 1 unspecified atom stereocenters. The van der Waals surface area contributed by atoms with E-state index < -0.39 is 11.7 Å². The molecule has 0 spiro atoms. The second-order valence-electron chi connectivity index (χ2n) is 4.57. The maximum atomic E-state index is 13.8. The first kappa shape index (κ1) is 15.0. The minimum atomic E-state index is -0.625. The van der Waals surface area contributed by atoms with Gasteiger partial charge < -0.3 is 15.8 Å². The normalized spacial score (nSPS) is 11.8. The van der Waals surface area contributed by atoms with Crippen LogP contribution in [0.15, 0.2) is 48.5 Å². The number of benzene rings is 2. The van der Waals surface area contributed by atoms with E-state index in [1.165, 1.54) is 25.3 Å². The molecule has 0 bridgehead atoms. The van der Waals surface area contributed by atoms with E-state index in [1.807, 2.05) is 30.3 Å². The van der Waals surface area contributed by atoms with Crippen LogP contribution < -0.4 is 15.8 Å². The third-order valence-electron chi connectivity index (χ3n) is 3.13. The lowest BCUT2D eigenvalue weighted by molar-refractivity contribution is 0.0947. The van der Waals surface area contributed by atoms with Crippen molar-refractivity contribution < 1.29 is 13.9 Å². The van der Waals surface area contributed by atoms with Crippen LogP contribution in [0.25, 0.3) is 0 Å². The Morgan fingerprint density at radius 1 is 1.29 bits per heavy atom. The number of carbonyl (C=O) groups excluding carboxylic acids is 1. The van der Waals surface area contributed by atoms with Crippen molar-refractivity contribution in [2.75, 3.05) is 13.7 Å². The first-order chi connectivity index (χ1) is 10.1. The van der Waals surface area contributed by atoms with E-state index in [2.05, 4.69) is 5.32 Å². The van der Waals surface area contributed by atoms with Crippen LogP contribution in [0.2, 0.25) is 0 Å². The quantitative estimate of drug-likeness (QED) is 0.887. The summed E-state index contributed by atoms with van der Waals surface area (Å²) in [6, 6.07) is 13.2. The SMILES string of the molecule is COc1ccc(C(=O)NCC(N)c2ccccc2)c(F)c1.